The highest BCUT2D eigenvalue weighted by Crippen LogP contribution is 2.33. The summed E-state index contributed by atoms with van der Waals surface area (Å²) in [6.07, 6.45) is -2.33. The van der Waals surface area contributed by atoms with E-state index in [2.05, 4.69) is 25.3 Å². The minimum absolute atomic E-state index is 0.0548. The maximum Gasteiger partial charge on any atom is 0.493 e. The summed E-state index contributed by atoms with van der Waals surface area (Å²) in [6.45, 7) is 2.42. The van der Waals surface area contributed by atoms with Gasteiger partial charge in [-0.05, 0) is 32.4 Å². The van der Waals surface area contributed by atoms with E-state index in [0.717, 1.165) is 29.0 Å². The lowest BCUT2D eigenvalue weighted by Crippen LogP contribution is -2.41. The van der Waals surface area contributed by atoms with E-state index in [-0.39, 0.29) is 10.5 Å². The van der Waals surface area contributed by atoms with E-state index < -0.39 is 23.7 Å². The van der Waals surface area contributed by atoms with Crippen molar-refractivity contribution in [3.05, 3.63) is 34.1 Å². The van der Waals surface area contributed by atoms with Gasteiger partial charge in [-0.3, -0.25) is 9.89 Å². The molecule has 0 amide bonds. The van der Waals surface area contributed by atoms with E-state index >= 15 is 0 Å². The fourth-order valence-electron chi connectivity index (χ4n) is 3.06. The number of carbonyl (C=O) groups excluding carboxylic acids is 1. The molecule has 4 heterocycles. The molecule has 4 rings (SSSR count). The number of nitrogens with zero attached hydrogens (tertiary/aromatic N) is 3. The summed E-state index contributed by atoms with van der Waals surface area (Å²) in [5.74, 6) is -2.53. The summed E-state index contributed by atoms with van der Waals surface area (Å²) in [4.78, 5) is 33.7. The predicted octanol–water partition coefficient (Wildman–Crippen LogP) is 2.10. The molecule has 1 fully saturated rings. The first-order valence-electron chi connectivity index (χ1n) is 8.35. The number of rotatable bonds is 3. The standard InChI is InChI=1S/C16H14F3N5O3S/c1-7-8(6-21-23-7)11-5-10-12(28-11)14(25)24(27-15(26)16(17,18)19)13(22-10)9-3-2-4-20-9/h5-6,9,20H,2-4H2,1H3,(H,21,23)/t9-/m0/s1. The number of thiophene rings is 1. The van der Waals surface area contributed by atoms with Crippen LogP contribution in [0, 0.1) is 6.92 Å². The topological polar surface area (TPSA) is 102 Å². The number of aryl methyl sites for hydroxylation is 1. The first kappa shape index (κ1) is 18.6. The molecule has 0 radical (unpaired) electrons. The van der Waals surface area contributed by atoms with Gasteiger partial charge in [-0.15, -0.1) is 16.1 Å². The van der Waals surface area contributed by atoms with Crippen molar-refractivity contribution in [3.8, 4) is 10.4 Å². The number of alkyl halides is 3. The lowest BCUT2D eigenvalue weighted by Gasteiger charge is -2.16. The molecule has 0 aliphatic carbocycles. The fourth-order valence-corrected chi connectivity index (χ4v) is 4.15. The van der Waals surface area contributed by atoms with Gasteiger partial charge in [-0.25, -0.2) is 9.78 Å². The van der Waals surface area contributed by atoms with E-state index in [0.29, 0.717) is 28.1 Å². The van der Waals surface area contributed by atoms with E-state index in [4.69, 9.17) is 0 Å². The Morgan fingerprint density at radius 1 is 1.43 bits per heavy atom. The molecule has 28 heavy (non-hydrogen) atoms. The van der Waals surface area contributed by atoms with Crippen LogP contribution in [0.25, 0.3) is 20.7 Å². The smallest absolute Gasteiger partial charge is 0.323 e. The Labute approximate surface area is 159 Å². The Bertz CT molecular complexity index is 1110. The monoisotopic (exact) mass is 413 g/mol. The van der Waals surface area contributed by atoms with Crippen LogP contribution in [0.3, 0.4) is 0 Å². The largest absolute Gasteiger partial charge is 0.493 e. The third-order valence-corrected chi connectivity index (χ3v) is 5.55. The second kappa shape index (κ2) is 6.71. The van der Waals surface area contributed by atoms with Crippen molar-refractivity contribution in [3.63, 3.8) is 0 Å². The number of aromatic amines is 1. The Hall–Kier alpha value is -2.73. The third-order valence-electron chi connectivity index (χ3n) is 4.41. The molecular formula is C16H14F3N5O3S. The van der Waals surface area contributed by atoms with Crippen LogP contribution in [0.1, 0.15) is 30.4 Å². The molecule has 0 saturated carbocycles. The molecule has 8 nitrogen and oxygen atoms in total. The molecule has 1 aliphatic heterocycles. The van der Waals surface area contributed by atoms with Gasteiger partial charge in [0.2, 0.25) is 0 Å². The maximum absolute atomic E-state index is 12.9. The number of carbonyl (C=O) groups is 1. The predicted molar refractivity (Wildman–Crippen MR) is 93.8 cm³/mol. The quantitative estimate of drug-likeness (QED) is 0.682. The number of H-pyrrole nitrogens is 1. The van der Waals surface area contributed by atoms with Crippen LogP contribution >= 0.6 is 11.3 Å². The lowest BCUT2D eigenvalue weighted by molar-refractivity contribution is -0.200. The van der Waals surface area contributed by atoms with Crippen LogP contribution in [0.15, 0.2) is 17.1 Å². The van der Waals surface area contributed by atoms with Gasteiger partial charge in [-0.1, -0.05) is 0 Å². The molecule has 3 aromatic rings. The zero-order valence-corrected chi connectivity index (χ0v) is 15.3. The molecule has 1 saturated heterocycles. The highest BCUT2D eigenvalue weighted by Gasteiger charge is 2.43. The van der Waals surface area contributed by atoms with Crippen molar-refractivity contribution >= 4 is 27.5 Å². The van der Waals surface area contributed by atoms with Crippen LogP contribution < -0.4 is 15.7 Å². The van der Waals surface area contributed by atoms with Crippen LogP contribution in [-0.2, 0) is 4.79 Å². The number of aromatic nitrogens is 4. The first-order valence-corrected chi connectivity index (χ1v) is 9.17. The van der Waals surface area contributed by atoms with Crippen molar-refractivity contribution < 1.29 is 22.8 Å². The molecule has 0 unspecified atom stereocenters. The Kier molecular flexibility index (Phi) is 4.46. The van der Waals surface area contributed by atoms with Crippen molar-refractivity contribution in [2.45, 2.75) is 32.0 Å². The van der Waals surface area contributed by atoms with Gasteiger partial charge in [0.25, 0.3) is 0 Å². The van der Waals surface area contributed by atoms with Crippen LogP contribution in [0.4, 0.5) is 13.2 Å². The molecule has 0 spiro atoms. The highest BCUT2D eigenvalue weighted by atomic mass is 32.1. The van der Waals surface area contributed by atoms with Crippen molar-refractivity contribution in [2.75, 3.05) is 6.54 Å². The second-order valence-corrected chi connectivity index (χ2v) is 7.38. The van der Waals surface area contributed by atoms with Crippen LogP contribution in [0.2, 0.25) is 0 Å². The Morgan fingerprint density at radius 2 is 2.21 bits per heavy atom. The van der Waals surface area contributed by atoms with Crippen molar-refractivity contribution in [1.29, 1.82) is 0 Å². The van der Waals surface area contributed by atoms with Gasteiger partial charge in [0, 0.05) is 16.1 Å². The molecule has 148 valence electrons. The molecule has 1 atom stereocenters. The van der Waals surface area contributed by atoms with Gasteiger partial charge in [-0.2, -0.15) is 18.3 Å². The first-order chi connectivity index (χ1) is 13.3. The minimum atomic E-state index is -5.23. The normalized spacial score (nSPS) is 17.4. The lowest BCUT2D eigenvalue weighted by atomic mass is 10.2. The molecule has 1 aliphatic rings. The number of halogens is 3. The summed E-state index contributed by atoms with van der Waals surface area (Å²) < 4.78 is 38.5. The van der Waals surface area contributed by atoms with Gasteiger partial charge >= 0.3 is 17.7 Å². The van der Waals surface area contributed by atoms with E-state index in [1.165, 1.54) is 0 Å². The van der Waals surface area contributed by atoms with E-state index in [9.17, 15) is 22.8 Å². The molecule has 12 heteroatoms. The van der Waals surface area contributed by atoms with Crippen LogP contribution in [-0.4, -0.2) is 38.6 Å². The van der Waals surface area contributed by atoms with E-state index in [1.807, 2.05) is 0 Å². The van der Waals surface area contributed by atoms with Gasteiger partial charge < -0.3 is 10.2 Å². The van der Waals surface area contributed by atoms with Gasteiger partial charge in [0.05, 0.1) is 17.8 Å². The highest BCUT2D eigenvalue weighted by molar-refractivity contribution is 7.22. The van der Waals surface area contributed by atoms with Crippen molar-refractivity contribution in [2.24, 2.45) is 0 Å². The molecule has 2 N–H and O–H groups in total. The number of fused-ring (bicyclic) bond motifs is 1. The number of hydrogen-bond acceptors (Lipinski definition) is 7. The Morgan fingerprint density at radius 3 is 2.82 bits per heavy atom. The number of hydrogen-bond donors (Lipinski definition) is 2. The van der Waals surface area contributed by atoms with E-state index in [1.54, 1.807) is 19.2 Å². The Balaban J connectivity index is 1.88. The minimum Gasteiger partial charge on any atom is -0.323 e. The fraction of sp³-hybridized carbons (Fsp3) is 0.375. The van der Waals surface area contributed by atoms with Crippen molar-refractivity contribution in [1.82, 2.24) is 25.2 Å². The molecular weight excluding hydrogens is 399 g/mol. The molecule has 0 bridgehead atoms. The third kappa shape index (κ3) is 3.18. The molecule has 3 aromatic heterocycles. The van der Waals surface area contributed by atoms with Gasteiger partial charge in [0.15, 0.2) is 5.82 Å². The molecule has 0 aromatic carbocycles. The zero-order chi connectivity index (χ0) is 20.1. The van der Waals surface area contributed by atoms with Crippen LogP contribution in [0.5, 0.6) is 0 Å². The average molecular weight is 413 g/mol. The zero-order valence-electron chi connectivity index (χ0n) is 14.5. The second-order valence-electron chi connectivity index (χ2n) is 6.33. The number of nitrogens with one attached hydrogen (secondary N) is 2. The summed E-state index contributed by atoms with van der Waals surface area (Å²) in [7, 11) is 0. The van der Waals surface area contributed by atoms with Gasteiger partial charge in [0.1, 0.15) is 4.70 Å². The summed E-state index contributed by atoms with van der Waals surface area (Å²) in [6, 6.07) is 1.19. The average Bonchev–Trinajstić information content (AvgIpc) is 3.35. The maximum atomic E-state index is 12.9. The summed E-state index contributed by atoms with van der Waals surface area (Å²) in [5, 5.41) is 9.77. The summed E-state index contributed by atoms with van der Waals surface area (Å²) in [5.41, 5.74) is 0.993. The SMILES string of the molecule is Cc1[nH]ncc1-c1cc2nc([C@@H]3CCCN3)n(OC(=O)C(F)(F)F)c(=O)c2s1. The summed E-state index contributed by atoms with van der Waals surface area (Å²) >= 11 is 1.05.